The van der Waals surface area contributed by atoms with Crippen LogP contribution < -0.4 is 0 Å². The number of fused-ring (bicyclic) bond motifs is 2. The molecule has 4 heteroatoms. The first kappa shape index (κ1) is 28.4. The van der Waals surface area contributed by atoms with Crippen LogP contribution in [0.4, 0.5) is 0 Å². The summed E-state index contributed by atoms with van der Waals surface area (Å²) >= 11 is -0.556. The molecule has 0 bridgehead atoms. The molecule has 1 atom stereocenters. The molecule has 5 rings (SSSR count). The molecule has 1 nitrogen and oxygen atoms in total. The van der Waals surface area contributed by atoms with Gasteiger partial charge >= 0.3 is 35.6 Å². The van der Waals surface area contributed by atoms with Crippen molar-refractivity contribution in [2.45, 2.75) is 26.7 Å². The van der Waals surface area contributed by atoms with Gasteiger partial charge in [-0.1, -0.05) is 66.7 Å². The van der Waals surface area contributed by atoms with Gasteiger partial charge in [-0.2, -0.15) is 20.8 Å². The molecule has 1 aliphatic rings. The molecule has 34 heavy (non-hydrogen) atoms. The van der Waals surface area contributed by atoms with Gasteiger partial charge in [0, 0.05) is 13.0 Å². The molecular formula is C30H30Cl2OTi-2. The number of hydrogen-bond donors (Lipinski definition) is 1. The van der Waals surface area contributed by atoms with Gasteiger partial charge in [-0.05, 0) is 28.3 Å². The van der Waals surface area contributed by atoms with Crippen LogP contribution in [-0.2, 0) is 17.0 Å². The first-order valence-corrected chi connectivity index (χ1v) is 15.3. The number of aliphatic hydroxyl groups excluding tert-OH is 1. The summed E-state index contributed by atoms with van der Waals surface area (Å²) in [6, 6.07) is 36.0. The van der Waals surface area contributed by atoms with E-state index < -0.39 is 17.0 Å². The van der Waals surface area contributed by atoms with Gasteiger partial charge in [0.05, 0.1) is 0 Å². The summed E-state index contributed by atoms with van der Waals surface area (Å²) in [7, 11) is 10.8. The van der Waals surface area contributed by atoms with Crippen LogP contribution in [0.1, 0.15) is 48.9 Å². The monoisotopic (exact) mass is 524 g/mol. The average molecular weight is 525 g/mol. The van der Waals surface area contributed by atoms with E-state index in [9.17, 15) is 0 Å². The third-order valence-corrected chi connectivity index (χ3v) is 5.03. The predicted octanol–water partition coefficient (Wildman–Crippen LogP) is 8.93. The Bertz CT molecular complexity index is 1170. The van der Waals surface area contributed by atoms with Crippen LogP contribution in [0.5, 0.6) is 0 Å². The zero-order chi connectivity index (χ0) is 24.9. The van der Waals surface area contributed by atoms with Gasteiger partial charge in [-0.3, -0.25) is 0 Å². The fraction of sp³-hybridized carbons (Fsp3) is 0.167. The van der Waals surface area contributed by atoms with Crippen LogP contribution >= 0.6 is 18.6 Å². The summed E-state index contributed by atoms with van der Waals surface area (Å²) in [5.74, 6) is 1.66. The number of rotatable bonds is 2. The molecule has 1 N–H and O–H groups in total. The van der Waals surface area contributed by atoms with Crippen molar-refractivity contribution in [3.05, 3.63) is 125 Å². The molecule has 1 unspecified atom stereocenters. The maximum Gasteiger partial charge on any atom is 0.0182 e. The molecule has 0 saturated carbocycles. The van der Waals surface area contributed by atoms with Crippen molar-refractivity contribution >= 4 is 41.0 Å². The third kappa shape index (κ3) is 7.84. The summed E-state index contributed by atoms with van der Waals surface area (Å²) in [4.78, 5) is 0. The Morgan fingerprint density at radius 3 is 2.00 bits per heavy atom. The maximum absolute atomic E-state index is 7.00. The quantitative estimate of drug-likeness (QED) is 0.205. The molecule has 0 aliphatic heterocycles. The van der Waals surface area contributed by atoms with Crippen LogP contribution in [0.3, 0.4) is 0 Å². The predicted molar refractivity (Wildman–Crippen MR) is 145 cm³/mol. The molecule has 4 aromatic rings. The number of aliphatic hydroxyl groups is 1. The second-order valence-electron chi connectivity index (χ2n) is 8.10. The van der Waals surface area contributed by atoms with E-state index in [1.54, 1.807) is 0 Å². The summed E-state index contributed by atoms with van der Waals surface area (Å²) in [5, 5.41) is 9.42. The van der Waals surface area contributed by atoms with E-state index in [-0.39, 0.29) is 5.92 Å². The first-order chi connectivity index (χ1) is 16.5. The summed E-state index contributed by atoms with van der Waals surface area (Å²) in [5.41, 5.74) is 6.55. The van der Waals surface area contributed by atoms with Crippen molar-refractivity contribution in [3.8, 4) is 0 Å². The van der Waals surface area contributed by atoms with Gasteiger partial charge in [0.2, 0.25) is 0 Å². The molecule has 0 aromatic heterocycles. The van der Waals surface area contributed by atoms with Gasteiger partial charge in [0.15, 0.2) is 0 Å². The molecular weight excluding hydrogens is 495 g/mol. The molecule has 4 aromatic carbocycles. The zero-order valence-corrected chi connectivity index (χ0v) is 23.1. The van der Waals surface area contributed by atoms with Crippen LogP contribution in [0.25, 0.3) is 22.4 Å². The first-order valence-electron chi connectivity index (χ1n) is 11.0. The molecule has 0 fully saturated rings. The van der Waals surface area contributed by atoms with E-state index >= 15 is 0 Å². The SMILES string of the molecule is CO.C[C-](C)C.[Cl][Ti][Cl].[c-]1c(C2C(c3ccccc3)=Cc3ccccc32)ccc2ccccc12. The standard InChI is InChI=1S/C25H17.C4H9.CH4O.2ClH.Ti/c1-2-9-19(10-3-1)24-17-21-12-6-7-13-23(21)25(24)22-15-14-18-8-4-5-11-20(18)16-22;1-4(2)3;1-2;;;/h1-15,17,25H;1-3H3;2H,1H3;2*1H;/q2*-1;;;;+2/p-2. The molecule has 0 heterocycles. The fourth-order valence-electron chi connectivity index (χ4n) is 3.84. The molecule has 0 amide bonds. The largest absolute Gasteiger partial charge is 0.143 e. The van der Waals surface area contributed by atoms with Gasteiger partial charge < -0.3 is 11.0 Å². The van der Waals surface area contributed by atoms with E-state index in [1.807, 2.05) is 0 Å². The Kier molecular flexibility index (Phi) is 12.7. The van der Waals surface area contributed by atoms with Crippen molar-refractivity contribution in [1.29, 1.82) is 0 Å². The second-order valence-corrected chi connectivity index (χ2v) is 10.7. The molecule has 1 aliphatic carbocycles. The minimum atomic E-state index is -0.556. The Hall–Kier alpha value is -1.87. The zero-order valence-electron chi connectivity index (χ0n) is 20.0. The summed E-state index contributed by atoms with van der Waals surface area (Å²) < 4.78 is 0. The fourth-order valence-corrected chi connectivity index (χ4v) is 3.84. The average Bonchev–Trinajstić information content (AvgIpc) is 3.25. The minimum absolute atomic E-state index is 0.239. The van der Waals surface area contributed by atoms with E-state index in [1.165, 1.54) is 44.5 Å². The minimum Gasteiger partial charge on any atom is -0.143 e. The molecule has 0 radical (unpaired) electrons. The molecule has 0 saturated heterocycles. The van der Waals surface area contributed by atoms with Crippen molar-refractivity contribution in [2.75, 3.05) is 7.11 Å². The van der Waals surface area contributed by atoms with Gasteiger partial charge in [0.25, 0.3) is 0 Å². The van der Waals surface area contributed by atoms with Crippen molar-refractivity contribution in [1.82, 2.24) is 0 Å². The maximum atomic E-state index is 7.00. The van der Waals surface area contributed by atoms with E-state index in [0.29, 0.717) is 0 Å². The van der Waals surface area contributed by atoms with E-state index in [0.717, 1.165) is 7.11 Å². The van der Waals surface area contributed by atoms with Gasteiger partial charge in [-0.15, -0.1) is 46.7 Å². The van der Waals surface area contributed by atoms with E-state index in [4.69, 9.17) is 23.7 Å². The third-order valence-electron chi connectivity index (χ3n) is 5.03. The van der Waals surface area contributed by atoms with Crippen LogP contribution in [0, 0.1) is 12.0 Å². The van der Waals surface area contributed by atoms with Crippen molar-refractivity contribution in [2.24, 2.45) is 0 Å². The Labute approximate surface area is 221 Å². The summed E-state index contributed by atoms with van der Waals surface area (Å²) in [6.45, 7) is 6.25. The number of benzene rings is 4. The normalized spacial score (nSPS) is 13.3. The van der Waals surface area contributed by atoms with Gasteiger partial charge in [0.1, 0.15) is 0 Å². The Morgan fingerprint density at radius 1 is 0.765 bits per heavy atom. The van der Waals surface area contributed by atoms with Crippen LogP contribution in [0.15, 0.2) is 91.0 Å². The molecule has 0 spiro atoms. The Balaban J connectivity index is 0.000000399. The smallest absolute Gasteiger partial charge is 0.0182 e. The Morgan fingerprint density at radius 2 is 1.32 bits per heavy atom. The number of halogens is 2. The second kappa shape index (κ2) is 15.2. The van der Waals surface area contributed by atoms with E-state index in [2.05, 4.69) is 124 Å². The van der Waals surface area contributed by atoms with Gasteiger partial charge in [-0.25, -0.2) is 0 Å². The topological polar surface area (TPSA) is 20.2 Å². The van der Waals surface area contributed by atoms with Crippen molar-refractivity contribution < 1.29 is 22.1 Å². The van der Waals surface area contributed by atoms with Crippen LogP contribution in [0.2, 0.25) is 0 Å². The number of allylic oxidation sites excluding steroid dienone is 1. The van der Waals surface area contributed by atoms with Crippen molar-refractivity contribution in [3.63, 3.8) is 0 Å². The van der Waals surface area contributed by atoms with Crippen LogP contribution in [-0.4, -0.2) is 12.2 Å². The number of hydrogen-bond acceptors (Lipinski definition) is 1. The summed E-state index contributed by atoms with van der Waals surface area (Å²) in [6.07, 6.45) is 2.33. The molecule has 176 valence electrons.